The number of carbonyl (C=O) groups excluding carboxylic acids is 2. The lowest BCUT2D eigenvalue weighted by atomic mass is 9.76. The van der Waals surface area contributed by atoms with Crippen LogP contribution in [0.15, 0.2) is 48.8 Å². The molecule has 6 heteroatoms. The fourth-order valence-electron chi connectivity index (χ4n) is 4.90. The summed E-state index contributed by atoms with van der Waals surface area (Å²) in [6.07, 6.45) is 8.64. The molecule has 2 fully saturated rings. The van der Waals surface area contributed by atoms with Crippen molar-refractivity contribution in [2.24, 2.45) is 5.92 Å². The van der Waals surface area contributed by atoms with Crippen molar-refractivity contribution in [1.82, 2.24) is 15.2 Å². The van der Waals surface area contributed by atoms with E-state index in [1.165, 1.54) is 12.8 Å². The Morgan fingerprint density at radius 3 is 2.58 bits per heavy atom. The lowest BCUT2D eigenvalue weighted by Gasteiger charge is -2.47. The molecule has 0 radical (unpaired) electrons. The number of likely N-dealkylation sites (tertiary alicyclic amines) is 1. The van der Waals surface area contributed by atoms with E-state index in [0.717, 1.165) is 37.1 Å². The molecule has 2 amide bonds. The monoisotopic (exact) mass is 419 g/mol. The standard InChI is InChI=1S/C25H29N3O3/c29-23(27-17-18-5-6-18)15-20-16-25(31-22-4-2-1-3-21(20)22)9-13-28(14-10-25)24(30)19-7-11-26-12-8-19/h1-4,7-8,11-12,18,20H,5-6,9-10,13-17H2,(H,27,29)/t20-/m0/s1. The molecule has 31 heavy (non-hydrogen) atoms. The second-order valence-electron chi connectivity index (χ2n) is 9.20. The van der Waals surface area contributed by atoms with Crippen LogP contribution in [-0.4, -0.2) is 46.9 Å². The van der Waals surface area contributed by atoms with E-state index in [4.69, 9.17) is 4.74 Å². The number of hydrogen-bond donors (Lipinski definition) is 1. The smallest absolute Gasteiger partial charge is 0.253 e. The third-order valence-electron chi connectivity index (χ3n) is 6.91. The van der Waals surface area contributed by atoms with Gasteiger partial charge in [-0.1, -0.05) is 18.2 Å². The van der Waals surface area contributed by atoms with Crippen LogP contribution in [0, 0.1) is 5.92 Å². The third-order valence-corrected chi connectivity index (χ3v) is 6.91. The molecule has 1 N–H and O–H groups in total. The Morgan fingerprint density at radius 2 is 1.84 bits per heavy atom. The summed E-state index contributed by atoms with van der Waals surface area (Å²) in [5, 5.41) is 3.12. The number of fused-ring (bicyclic) bond motifs is 1. The Labute approximate surface area is 183 Å². The molecule has 5 rings (SSSR count). The minimum atomic E-state index is -0.315. The SMILES string of the molecule is O=C(C[C@H]1CC2(CCN(C(=O)c3ccncc3)CC2)Oc2ccccc21)NCC1CC1. The van der Waals surface area contributed by atoms with Gasteiger partial charge in [0.15, 0.2) is 0 Å². The molecule has 2 aliphatic heterocycles. The molecule has 1 atom stereocenters. The van der Waals surface area contributed by atoms with Crippen molar-refractivity contribution < 1.29 is 14.3 Å². The van der Waals surface area contributed by atoms with E-state index in [-0.39, 0.29) is 23.3 Å². The van der Waals surface area contributed by atoms with Crippen LogP contribution in [0.1, 0.15) is 60.4 Å². The maximum absolute atomic E-state index is 12.8. The lowest BCUT2D eigenvalue weighted by molar-refractivity contribution is -0.122. The highest BCUT2D eigenvalue weighted by molar-refractivity contribution is 5.94. The van der Waals surface area contributed by atoms with Crippen molar-refractivity contribution in [2.45, 2.75) is 50.0 Å². The van der Waals surface area contributed by atoms with Crippen molar-refractivity contribution in [3.63, 3.8) is 0 Å². The Kier molecular flexibility index (Phi) is 5.38. The summed E-state index contributed by atoms with van der Waals surface area (Å²) in [5.74, 6) is 1.90. The summed E-state index contributed by atoms with van der Waals surface area (Å²) in [6.45, 7) is 2.12. The molecule has 0 bridgehead atoms. The molecule has 3 heterocycles. The van der Waals surface area contributed by atoms with Crippen LogP contribution in [0.3, 0.4) is 0 Å². The van der Waals surface area contributed by atoms with Gasteiger partial charge in [0.1, 0.15) is 11.4 Å². The molecule has 2 aromatic rings. The number of ether oxygens (including phenoxy) is 1. The van der Waals surface area contributed by atoms with E-state index in [1.807, 2.05) is 23.1 Å². The predicted molar refractivity (Wildman–Crippen MR) is 117 cm³/mol. The zero-order chi connectivity index (χ0) is 21.3. The van der Waals surface area contributed by atoms with Crippen molar-refractivity contribution in [3.8, 4) is 5.75 Å². The summed E-state index contributed by atoms with van der Waals surface area (Å²) in [6, 6.07) is 11.6. The van der Waals surface area contributed by atoms with Crippen LogP contribution in [-0.2, 0) is 4.79 Å². The molecule has 1 saturated heterocycles. The van der Waals surface area contributed by atoms with Crippen molar-refractivity contribution >= 4 is 11.8 Å². The topological polar surface area (TPSA) is 71.5 Å². The first kappa shape index (κ1) is 20.0. The summed E-state index contributed by atoms with van der Waals surface area (Å²) >= 11 is 0. The van der Waals surface area contributed by atoms with Crippen LogP contribution in [0.25, 0.3) is 0 Å². The molecule has 1 aliphatic carbocycles. The number of nitrogens with zero attached hydrogens (tertiary/aromatic N) is 2. The zero-order valence-electron chi connectivity index (χ0n) is 17.8. The van der Waals surface area contributed by atoms with Crippen molar-refractivity contribution in [1.29, 1.82) is 0 Å². The molecule has 3 aliphatic rings. The molecule has 1 aromatic heterocycles. The number of pyridine rings is 1. The van der Waals surface area contributed by atoms with Gasteiger partial charge in [0.2, 0.25) is 5.91 Å². The average Bonchev–Trinajstić information content (AvgIpc) is 3.63. The fraction of sp³-hybridized carbons (Fsp3) is 0.480. The van der Waals surface area contributed by atoms with Gasteiger partial charge >= 0.3 is 0 Å². The van der Waals surface area contributed by atoms with Crippen molar-refractivity contribution in [2.75, 3.05) is 19.6 Å². The summed E-state index contributed by atoms with van der Waals surface area (Å²) in [7, 11) is 0. The van der Waals surface area contributed by atoms with E-state index in [2.05, 4.69) is 16.4 Å². The van der Waals surface area contributed by atoms with Gasteiger partial charge in [-0.05, 0) is 48.9 Å². The summed E-state index contributed by atoms with van der Waals surface area (Å²) in [5.41, 5.74) is 1.49. The number of para-hydroxylation sites is 1. The van der Waals surface area contributed by atoms with E-state index in [0.29, 0.717) is 31.0 Å². The highest BCUT2D eigenvalue weighted by Crippen LogP contribution is 2.46. The third kappa shape index (κ3) is 4.43. The van der Waals surface area contributed by atoms with Crippen LogP contribution in [0.5, 0.6) is 5.75 Å². The number of hydrogen-bond acceptors (Lipinski definition) is 4. The molecule has 0 unspecified atom stereocenters. The van der Waals surface area contributed by atoms with Gasteiger partial charge < -0.3 is 15.0 Å². The molecular formula is C25H29N3O3. The fourth-order valence-corrected chi connectivity index (χ4v) is 4.90. The van der Waals surface area contributed by atoms with Gasteiger partial charge in [0, 0.05) is 62.8 Å². The first-order chi connectivity index (χ1) is 15.1. The minimum absolute atomic E-state index is 0.0458. The Balaban J connectivity index is 1.27. The Bertz CT molecular complexity index is 949. The Morgan fingerprint density at radius 1 is 1.10 bits per heavy atom. The van der Waals surface area contributed by atoms with Gasteiger partial charge in [0.25, 0.3) is 5.91 Å². The molecule has 1 spiro atoms. The quantitative estimate of drug-likeness (QED) is 0.805. The molecule has 6 nitrogen and oxygen atoms in total. The van der Waals surface area contributed by atoms with Gasteiger partial charge in [0.05, 0.1) is 0 Å². The second-order valence-corrected chi connectivity index (χ2v) is 9.20. The highest BCUT2D eigenvalue weighted by atomic mass is 16.5. The summed E-state index contributed by atoms with van der Waals surface area (Å²) < 4.78 is 6.53. The van der Waals surface area contributed by atoms with E-state index < -0.39 is 0 Å². The minimum Gasteiger partial charge on any atom is -0.487 e. The highest BCUT2D eigenvalue weighted by Gasteiger charge is 2.44. The van der Waals surface area contributed by atoms with Crippen LogP contribution < -0.4 is 10.1 Å². The van der Waals surface area contributed by atoms with Crippen LogP contribution >= 0.6 is 0 Å². The number of piperidine rings is 1. The average molecular weight is 420 g/mol. The number of carbonyl (C=O) groups is 2. The number of benzene rings is 1. The largest absolute Gasteiger partial charge is 0.487 e. The maximum atomic E-state index is 12.8. The molecular weight excluding hydrogens is 390 g/mol. The number of nitrogens with one attached hydrogen (secondary N) is 1. The number of aromatic nitrogens is 1. The number of rotatable bonds is 5. The normalized spacial score (nSPS) is 21.8. The van der Waals surface area contributed by atoms with E-state index in [1.54, 1.807) is 24.5 Å². The Hall–Kier alpha value is -2.89. The van der Waals surface area contributed by atoms with E-state index in [9.17, 15) is 9.59 Å². The van der Waals surface area contributed by atoms with Crippen LogP contribution in [0.4, 0.5) is 0 Å². The van der Waals surface area contributed by atoms with E-state index >= 15 is 0 Å². The first-order valence-corrected chi connectivity index (χ1v) is 11.4. The van der Waals surface area contributed by atoms with Gasteiger partial charge in [-0.3, -0.25) is 14.6 Å². The number of amides is 2. The molecule has 1 aromatic carbocycles. The van der Waals surface area contributed by atoms with Gasteiger partial charge in [-0.15, -0.1) is 0 Å². The van der Waals surface area contributed by atoms with Gasteiger partial charge in [-0.25, -0.2) is 0 Å². The van der Waals surface area contributed by atoms with Gasteiger partial charge in [-0.2, -0.15) is 0 Å². The lowest BCUT2D eigenvalue weighted by Crippen LogP contribution is -2.52. The first-order valence-electron chi connectivity index (χ1n) is 11.4. The summed E-state index contributed by atoms with van der Waals surface area (Å²) in [4.78, 5) is 31.3. The van der Waals surface area contributed by atoms with Crippen LogP contribution in [0.2, 0.25) is 0 Å². The zero-order valence-corrected chi connectivity index (χ0v) is 17.8. The molecule has 162 valence electrons. The maximum Gasteiger partial charge on any atom is 0.253 e. The molecule has 1 saturated carbocycles. The predicted octanol–water partition coefficient (Wildman–Crippen LogP) is 3.54. The second kappa shape index (κ2) is 8.33. The van der Waals surface area contributed by atoms with Crippen molar-refractivity contribution in [3.05, 3.63) is 59.9 Å².